The van der Waals surface area contributed by atoms with Crippen LogP contribution in [-0.4, -0.2) is 9.78 Å². The van der Waals surface area contributed by atoms with Crippen molar-refractivity contribution in [2.45, 2.75) is 32.6 Å². The summed E-state index contributed by atoms with van der Waals surface area (Å²) in [7, 11) is 0. The van der Waals surface area contributed by atoms with E-state index in [9.17, 15) is 13.2 Å². The lowest BCUT2D eigenvalue weighted by Gasteiger charge is -2.15. The minimum Gasteiger partial charge on any atom is -0.378 e. The van der Waals surface area contributed by atoms with Gasteiger partial charge in [0.05, 0.1) is 28.5 Å². The lowest BCUT2D eigenvalue weighted by Crippen LogP contribution is -2.12. The molecule has 0 aliphatic carbocycles. The maximum absolute atomic E-state index is 12.9. The van der Waals surface area contributed by atoms with Crippen molar-refractivity contribution in [3.8, 4) is 0 Å². The fraction of sp³-hybridized carbons (Fsp3) is 0.357. The van der Waals surface area contributed by atoms with Crippen LogP contribution in [0.3, 0.4) is 0 Å². The van der Waals surface area contributed by atoms with Gasteiger partial charge in [0, 0.05) is 12.2 Å². The molecule has 2 aromatic rings. The molecule has 0 fully saturated rings. The van der Waals surface area contributed by atoms with E-state index in [1.807, 2.05) is 13.8 Å². The van der Waals surface area contributed by atoms with Crippen molar-refractivity contribution in [2.75, 3.05) is 5.32 Å². The maximum Gasteiger partial charge on any atom is 0.418 e. The molecule has 0 saturated heterocycles. The van der Waals surface area contributed by atoms with Crippen LogP contribution in [0.15, 0.2) is 30.5 Å². The van der Waals surface area contributed by atoms with Crippen molar-refractivity contribution in [3.63, 3.8) is 0 Å². The topological polar surface area (TPSA) is 29.9 Å². The van der Waals surface area contributed by atoms with Crippen LogP contribution in [0.4, 0.5) is 18.9 Å². The first-order chi connectivity index (χ1) is 9.79. The summed E-state index contributed by atoms with van der Waals surface area (Å²) in [5.74, 6) is 0. The molecule has 0 bridgehead atoms. The standard InChI is InChI=1S/C14H15ClF3N3/c1-9(2)21-7-6-10(20-21)8-19-13-11(14(16,17)18)4-3-5-12(13)15/h3-7,9,19H,8H2,1-2H3. The fourth-order valence-electron chi connectivity index (χ4n) is 1.88. The van der Waals surface area contributed by atoms with Crippen LogP contribution in [0.25, 0.3) is 0 Å². The SMILES string of the molecule is CC(C)n1ccc(CNc2c(Cl)cccc2C(F)(F)F)n1. The summed E-state index contributed by atoms with van der Waals surface area (Å²) in [6.45, 7) is 4.12. The molecule has 0 atom stereocenters. The maximum atomic E-state index is 12.9. The van der Waals surface area contributed by atoms with Crippen LogP contribution in [0.1, 0.15) is 31.1 Å². The van der Waals surface area contributed by atoms with Gasteiger partial charge in [-0.15, -0.1) is 0 Å². The van der Waals surface area contributed by atoms with E-state index in [1.54, 1.807) is 16.9 Å². The molecule has 0 spiro atoms. The predicted octanol–water partition coefficient (Wildman–Crippen LogP) is 4.75. The summed E-state index contributed by atoms with van der Waals surface area (Å²) in [6.07, 6.45) is -2.66. The average Bonchev–Trinajstić information content (AvgIpc) is 2.85. The van der Waals surface area contributed by atoms with E-state index in [2.05, 4.69) is 10.4 Å². The monoisotopic (exact) mass is 317 g/mol. The minimum absolute atomic E-state index is 0.0353. The van der Waals surface area contributed by atoms with E-state index in [0.29, 0.717) is 5.69 Å². The summed E-state index contributed by atoms with van der Waals surface area (Å²) in [5.41, 5.74) is -0.249. The molecule has 114 valence electrons. The van der Waals surface area contributed by atoms with Gasteiger partial charge < -0.3 is 5.32 Å². The molecule has 1 N–H and O–H groups in total. The summed E-state index contributed by atoms with van der Waals surface area (Å²) < 4.78 is 40.6. The second kappa shape index (κ2) is 5.97. The zero-order valence-electron chi connectivity index (χ0n) is 11.6. The largest absolute Gasteiger partial charge is 0.418 e. The van der Waals surface area contributed by atoms with Gasteiger partial charge in [-0.05, 0) is 32.0 Å². The van der Waals surface area contributed by atoms with Crippen LogP contribution in [-0.2, 0) is 12.7 Å². The Balaban J connectivity index is 2.19. The highest BCUT2D eigenvalue weighted by Crippen LogP contribution is 2.38. The number of rotatable bonds is 4. The lowest BCUT2D eigenvalue weighted by atomic mass is 10.1. The predicted molar refractivity (Wildman–Crippen MR) is 76.4 cm³/mol. The summed E-state index contributed by atoms with van der Waals surface area (Å²) >= 11 is 5.87. The third-order valence-corrected chi connectivity index (χ3v) is 3.27. The van der Waals surface area contributed by atoms with Gasteiger partial charge in [-0.3, -0.25) is 4.68 Å². The van der Waals surface area contributed by atoms with Crippen LogP contribution < -0.4 is 5.32 Å². The number of hydrogen-bond acceptors (Lipinski definition) is 2. The molecule has 7 heteroatoms. The number of nitrogens with one attached hydrogen (secondary N) is 1. The number of anilines is 1. The Hall–Kier alpha value is -1.69. The van der Waals surface area contributed by atoms with Gasteiger partial charge in [0.2, 0.25) is 0 Å². The van der Waals surface area contributed by atoms with Crippen molar-refractivity contribution in [2.24, 2.45) is 0 Å². The van der Waals surface area contributed by atoms with Gasteiger partial charge in [-0.25, -0.2) is 0 Å². The highest BCUT2D eigenvalue weighted by Gasteiger charge is 2.34. The van der Waals surface area contributed by atoms with Crippen molar-refractivity contribution >= 4 is 17.3 Å². The second-order valence-corrected chi connectivity index (χ2v) is 5.30. The molecule has 0 amide bonds. The van der Waals surface area contributed by atoms with Gasteiger partial charge in [0.15, 0.2) is 0 Å². The Labute approximate surface area is 125 Å². The Morgan fingerprint density at radius 2 is 2.00 bits per heavy atom. The van der Waals surface area contributed by atoms with Crippen molar-refractivity contribution in [1.29, 1.82) is 0 Å². The Morgan fingerprint density at radius 3 is 2.57 bits per heavy atom. The van der Waals surface area contributed by atoms with Gasteiger partial charge in [0.25, 0.3) is 0 Å². The lowest BCUT2D eigenvalue weighted by molar-refractivity contribution is -0.136. The van der Waals surface area contributed by atoms with Gasteiger partial charge in [-0.1, -0.05) is 17.7 Å². The van der Waals surface area contributed by atoms with Gasteiger partial charge in [0.1, 0.15) is 0 Å². The van der Waals surface area contributed by atoms with E-state index >= 15 is 0 Å². The third-order valence-electron chi connectivity index (χ3n) is 2.96. The molecule has 21 heavy (non-hydrogen) atoms. The van der Waals surface area contributed by atoms with E-state index in [0.717, 1.165) is 6.07 Å². The zero-order valence-corrected chi connectivity index (χ0v) is 12.3. The highest BCUT2D eigenvalue weighted by molar-refractivity contribution is 6.33. The molecule has 1 aromatic carbocycles. The van der Waals surface area contributed by atoms with Gasteiger partial charge >= 0.3 is 6.18 Å². The number of para-hydroxylation sites is 1. The van der Waals surface area contributed by atoms with E-state index < -0.39 is 11.7 Å². The molecular weight excluding hydrogens is 303 g/mol. The quantitative estimate of drug-likeness (QED) is 0.882. The first-order valence-corrected chi connectivity index (χ1v) is 6.80. The first kappa shape index (κ1) is 15.7. The molecule has 3 nitrogen and oxygen atoms in total. The Bertz CT molecular complexity index is 620. The van der Waals surface area contributed by atoms with Crippen LogP contribution >= 0.6 is 11.6 Å². The summed E-state index contributed by atoms with van der Waals surface area (Å²) in [4.78, 5) is 0. The Kier molecular flexibility index (Phi) is 4.46. The molecular formula is C14H15ClF3N3. The molecule has 2 rings (SSSR count). The van der Waals surface area contributed by atoms with Crippen molar-refractivity contribution in [1.82, 2.24) is 9.78 Å². The summed E-state index contributed by atoms with van der Waals surface area (Å²) in [6, 6.07) is 5.66. The number of benzene rings is 1. The van der Waals surface area contributed by atoms with E-state index in [4.69, 9.17) is 11.6 Å². The Morgan fingerprint density at radius 1 is 1.29 bits per heavy atom. The fourth-order valence-corrected chi connectivity index (χ4v) is 2.12. The molecule has 1 heterocycles. The zero-order chi connectivity index (χ0) is 15.6. The van der Waals surface area contributed by atoms with Crippen molar-refractivity contribution in [3.05, 3.63) is 46.7 Å². The first-order valence-electron chi connectivity index (χ1n) is 6.42. The van der Waals surface area contributed by atoms with E-state index in [1.165, 1.54) is 12.1 Å². The molecule has 0 saturated carbocycles. The van der Waals surface area contributed by atoms with Crippen LogP contribution in [0, 0.1) is 0 Å². The summed E-state index contributed by atoms with van der Waals surface area (Å²) in [5, 5.41) is 7.04. The molecule has 0 radical (unpaired) electrons. The highest BCUT2D eigenvalue weighted by atomic mass is 35.5. The smallest absolute Gasteiger partial charge is 0.378 e. The van der Waals surface area contributed by atoms with Crippen molar-refractivity contribution < 1.29 is 13.2 Å². The van der Waals surface area contributed by atoms with Crippen LogP contribution in [0.2, 0.25) is 5.02 Å². The number of nitrogens with zero attached hydrogens (tertiary/aromatic N) is 2. The molecule has 1 aromatic heterocycles. The van der Waals surface area contributed by atoms with Crippen LogP contribution in [0.5, 0.6) is 0 Å². The third kappa shape index (κ3) is 3.69. The number of halogens is 4. The number of alkyl halides is 3. The normalized spacial score (nSPS) is 12.0. The molecule has 0 unspecified atom stereocenters. The average molecular weight is 318 g/mol. The molecule has 0 aliphatic rings. The molecule has 0 aliphatic heterocycles. The minimum atomic E-state index is -4.45. The van der Waals surface area contributed by atoms with E-state index in [-0.39, 0.29) is 23.3 Å². The second-order valence-electron chi connectivity index (χ2n) is 4.89. The van der Waals surface area contributed by atoms with Gasteiger partial charge in [-0.2, -0.15) is 18.3 Å². The number of hydrogen-bond donors (Lipinski definition) is 1. The number of aromatic nitrogens is 2.